The second kappa shape index (κ2) is 7.07. The fourth-order valence-electron chi connectivity index (χ4n) is 6.11. The van der Waals surface area contributed by atoms with Crippen LogP contribution in [0.1, 0.15) is 67.2 Å². The molecule has 0 amide bonds. The number of fused-ring (bicyclic) bond motifs is 4. The second-order valence-electron chi connectivity index (χ2n) is 12.5. The van der Waals surface area contributed by atoms with Crippen molar-refractivity contribution in [1.29, 1.82) is 0 Å². The fourth-order valence-corrected chi connectivity index (χ4v) is 7.65. The van der Waals surface area contributed by atoms with Gasteiger partial charge in [-0.15, -0.1) is 0 Å². The molecule has 0 aromatic heterocycles. The monoisotopic (exact) mass is 474 g/mol. The molecule has 2 aliphatic heterocycles. The van der Waals surface area contributed by atoms with Gasteiger partial charge < -0.3 is 24.1 Å². The molecule has 0 aromatic carbocycles. The van der Waals surface area contributed by atoms with E-state index < -0.39 is 43.1 Å². The number of halogens is 2. The highest BCUT2D eigenvalue weighted by atomic mass is 28.4. The van der Waals surface area contributed by atoms with Crippen molar-refractivity contribution < 1.29 is 32.9 Å². The number of rotatable bonds is 2. The van der Waals surface area contributed by atoms with Crippen LogP contribution < -0.4 is 0 Å². The van der Waals surface area contributed by atoms with Gasteiger partial charge in [-0.05, 0) is 57.3 Å². The minimum absolute atomic E-state index is 0.0162. The first-order valence-corrected chi connectivity index (χ1v) is 14.8. The van der Waals surface area contributed by atoms with Crippen molar-refractivity contribution in [3.05, 3.63) is 11.6 Å². The summed E-state index contributed by atoms with van der Waals surface area (Å²) in [4.78, 5) is 0. The Hall–Kier alpha value is -0.383. The summed E-state index contributed by atoms with van der Waals surface area (Å²) in [6.45, 7) is 15.9. The lowest BCUT2D eigenvalue weighted by Crippen LogP contribution is -2.54. The lowest BCUT2D eigenvalue weighted by atomic mass is 9.91. The molecule has 0 aromatic rings. The topological polar surface area (TPSA) is 68.2 Å². The molecule has 2 N–H and O–H groups in total. The Bertz CT molecular complexity index is 811. The zero-order chi connectivity index (χ0) is 24.1. The second-order valence-corrected chi connectivity index (χ2v) is 17.2. The van der Waals surface area contributed by atoms with Gasteiger partial charge in [0.15, 0.2) is 13.9 Å². The molecule has 3 aliphatic carbocycles. The summed E-state index contributed by atoms with van der Waals surface area (Å²) in [5.41, 5.74) is -2.12. The van der Waals surface area contributed by atoms with E-state index in [0.29, 0.717) is 6.42 Å². The van der Waals surface area contributed by atoms with Gasteiger partial charge in [0.2, 0.25) is 0 Å². The average molecular weight is 475 g/mol. The Morgan fingerprint density at radius 3 is 2.16 bits per heavy atom. The molecule has 0 unspecified atom stereocenters. The van der Waals surface area contributed by atoms with E-state index in [1.165, 1.54) is 5.57 Å². The van der Waals surface area contributed by atoms with Gasteiger partial charge in [0.05, 0.1) is 23.7 Å². The molecule has 32 heavy (non-hydrogen) atoms. The van der Waals surface area contributed by atoms with E-state index in [-0.39, 0.29) is 29.8 Å². The summed E-state index contributed by atoms with van der Waals surface area (Å²) in [6.07, 6.45) is 3.25. The smallest absolute Gasteiger partial charge is 0.284 e. The van der Waals surface area contributed by atoms with Crippen LogP contribution >= 0.6 is 0 Å². The van der Waals surface area contributed by atoms with Gasteiger partial charge in [-0.2, -0.15) is 0 Å². The van der Waals surface area contributed by atoms with Gasteiger partial charge in [-0.1, -0.05) is 26.8 Å². The zero-order valence-corrected chi connectivity index (χ0v) is 21.7. The molecule has 2 heterocycles. The molecule has 5 aliphatic rings. The minimum Gasteiger partial charge on any atom is -0.403 e. The average Bonchev–Trinajstić information content (AvgIpc) is 3.05. The zero-order valence-electron chi connectivity index (χ0n) is 20.7. The number of ether oxygens (including phenoxy) is 2. The molecule has 4 fully saturated rings. The van der Waals surface area contributed by atoms with Crippen LogP contribution in [-0.2, 0) is 13.9 Å². The molecule has 5 rings (SSSR count). The molecule has 184 valence electrons. The van der Waals surface area contributed by atoms with Crippen LogP contribution in [0.3, 0.4) is 0 Å². The van der Waals surface area contributed by atoms with E-state index in [1.54, 1.807) is 0 Å². The van der Waals surface area contributed by atoms with Crippen LogP contribution in [0.15, 0.2) is 11.6 Å². The normalized spacial score (nSPS) is 48.5. The first kappa shape index (κ1) is 24.7. The van der Waals surface area contributed by atoms with E-state index in [2.05, 4.69) is 6.08 Å². The first-order valence-electron chi connectivity index (χ1n) is 11.9. The Balaban J connectivity index is 0.000000186. The van der Waals surface area contributed by atoms with Gasteiger partial charge in [0.1, 0.15) is 17.8 Å². The molecular formula is C24H40F2O5Si. The van der Waals surface area contributed by atoms with Crippen LogP contribution in [-0.4, -0.2) is 65.7 Å². The highest BCUT2D eigenvalue weighted by Crippen LogP contribution is 2.75. The van der Waals surface area contributed by atoms with E-state index in [1.807, 2.05) is 54.6 Å². The van der Waals surface area contributed by atoms with Crippen molar-refractivity contribution in [3.8, 4) is 0 Å². The Labute approximate surface area is 191 Å². The van der Waals surface area contributed by atoms with Crippen molar-refractivity contribution in [2.75, 3.05) is 0 Å². The van der Waals surface area contributed by atoms with Crippen molar-refractivity contribution in [2.45, 2.75) is 132 Å². The van der Waals surface area contributed by atoms with Crippen molar-refractivity contribution >= 4 is 8.32 Å². The summed E-state index contributed by atoms with van der Waals surface area (Å²) >= 11 is 0. The highest BCUT2D eigenvalue weighted by molar-refractivity contribution is 6.74. The summed E-state index contributed by atoms with van der Waals surface area (Å²) in [5, 5.41) is 20.5. The van der Waals surface area contributed by atoms with Crippen molar-refractivity contribution in [2.24, 2.45) is 5.92 Å². The molecule has 0 radical (unpaired) electrons. The third-order valence-corrected chi connectivity index (χ3v) is 13.2. The van der Waals surface area contributed by atoms with E-state index in [4.69, 9.17) is 13.9 Å². The summed E-state index contributed by atoms with van der Waals surface area (Å²) in [6, 6.07) is 0. The summed E-state index contributed by atoms with van der Waals surface area (Å²) < 4.78 is 46.4. The molecular weight excluding hydrogens is 434 g/mol. The molecule has 0 bridgehead atoms. The molecule has 2 saturated carbocycles. The molecule has 8 heteroatoms. The Morgan fingerprint density at radius 1 is 1.03 bits per heavy atom. The van der Waals surface area contributed by atoms with Crippen LogP contribution in [0.5, 0.6) is 0 Å². The lowest BCUT2D eigenvalue weighted by Gasteiger charge is -2.41. The quantitative estimate of drug-likeness (QED) is 0.453. The van der Waals surface area contributed by atoms with Crippen LogP contribution in [0.4, 0.5) is 8.78 Å². The number of aliphatic hydroxyl groups is 2. The Morgan fingerprint density at radius 2 is 1.59 bits per heavy atom. The minimum atomic E-state index is -2.89. The number of hydrogen-bond donors (Lipinski definition) is 2. The third kappa shape index (κ3) is 3.39. The van der Waals surface area contributed by atoms with Crippen molar-refractivity contribution in [3.63, 3.8) is 0 Å². The maximum absolute atomic E-state index is 14.5. The van der Waals surface area contributed by atoms with E-state index in [9.17, 15) is 19.0 Å². The fraction of sp³-hybridized carbons (Fsp3) is 0.917. The molecule has 2 saturated heterocycles. The SMILES string of the molecule is CC1=CC[C@]2(O)C[C@H](C)O[C@H]12.C[C@H]1C[C@@]2(O)C[C@@H]3C(F)(F)[C@]3(O[Si](C)(C)C(C)(C)C)[C@H]2O1. The number of hydrogen-bond acceptors (Lipinski definition) is 5. The van der Waals surface area contributed by atoms with E-state index in [0.717, 1.165) is 12.8 Å². The van der Waals surface area contributed by atoms with Gasteiger partial charge in [-0.25, -0.2) is 8.78 Å². The molecule has 0 spiro atoms. The maximum atomic E-state index is 14.5. The van der Waals surface area contributed by atoms with Crippen molar-refractivity contribution in [1.82, 2.24) is 0 Å². The highest BCUT2D eigenvalue weighted by Gasteiger charge is 2.93. The first-order chi connectivity index (χ1) is 14.4. The molecule has 5 nitrogen and oxygen atoms in total. The Kier molecular flexibility index (Phi) is 5.47. The van der Waals surface area contributed by atoms with Crippen LogP contribution in [0, 0.1) is 5.92 Å². The summed E-state index contributed by atoms with van der Waals surface area (Å²) in [7, 11) is -2.38. The summed E-state index contributed by atoms with van der Waals surface area (Å²) in [5.74, 6) is -3.79. The van der Waals surface area contributed by atoms with Gasteiger partial charge in [-0.3, -0.25) is 0 Å². The van der Waals surface area contributed by atoms with E-state index >= 15 is 0 Å². The largest absolute Gasteiger partial charge is 0.403 e. The standard InChI is InChI=1S/C15H26F2O3Si.C9H14O2/c1-9-7-13(18)8-10-14(11(13)19-9,15(10,16)17)20-21(5,6)12(2,3)4;1-6-3-4-9(10)5-7(2)11-8(6)9/h9-11,18H,7-8H2,1-6H3;3,7-8,10H,4-5H2,1-2H3/t9-,10-,11-,13+,14+;7-,8+,9-/m00/s1. The van der Waals surface area contributed by atoms with Crippen LogP contribution in [0.2, 0.25) is 18.1 Å². The van der Waals surface area contributed by atoms with Crippen LogP contribution in [0.25, 0.3) is 0 Å². The predicted molar refractivity (Wildman–Crippen MR) is 120 cm³/mol. The van der Waals surface area contributed by atoms with Gasteiger partial charge in [0.25, 0.3) is 5.92 Å². The number of alkyl halides is 2. The van der Waals surface area contributed by atoms with Gasteiger partial charge >= 0.3 is 0 Å². The van der Waals surface area contributed by atoms with Gasteiger partial charge in [0, 0.05) is 12.8 Å². The molecule has 8 atom stereocenters. The third-order valence-electron chi connectivity index (χ3n) is 8.76. The lowest BCUT2D eigenvalue weighted by molar-refractivity contribution is -0.137. The maximum Gasteiger partial charge on any atom is 0.284 e. The predicted octanol–water partition coefficient (Wildman–Crippen LogP) is 4.57.